The van der Waals surface area contributed by atoms with E-state index in [2.05, 4.69) is 36.5 Å². The topological polar surface area (TPSA) is 49.8 Å². The monoisotopic (exact) mass is 350 g/mol. The molecule has 0 radical (unpaired) electrons. The van der Waals surface area contributed by atoms with Gasteiger partial charge in [-0.15, -0.1) is 0 Å². The molecule has 1 aliphatic heterocycles. The molecule has 0 aliphatic carbocycles. The van der Waals surface area contributed by atoms with Crippen LogP contribution in [-0.2, 0) is 13.0 Å². The number of rotatable bonds is 3. The number of fused-ring (bicyclic) bond motifs is 1. The molecule has 0 fully saturated rings. The Morgan fingerprint density at radius 3 is 3.05 bits per heavy atom. The SMILES string of the molecule is CSc1nc2c(c(Nc3cccc(Br)c3)n1)CNCC2. The van der Waals surface area contributed by atoms with E-state index in [1.54, 1.807) is 11.8 Å². The second-order valence-electron chi connectivity index (χ2n) is 4.55. The zero-order chi connectivity index (χ0) is 13.9. The van der Waals surface area contributed by atoms with Crippen molar-refractivity contribution in [1.82, 2.24) is 15.3 Å². The number of hydrogen-bond donors (Lipinski definition) is 2. The summed E-state index contributed by atoms with van der Waals surface area (Å²) in [5.41, 5.74) is 3.35. The lowest BCUT2D eigenvalue weighted by atomic mass is 10.1. The van der Waals surface area contributed by atoms with Gasteiger partial charge in [-0.1, -0.05) is 33.8 Å². The Morgan fingerprint density at radius 2 is 2.25 bits per heavy atom. The molecule has 0 atom stereocenters. The number of nitrogens with zero attached hydrogens (tertiary/aromatic N) is 2. The number of anilines is 2. The fourth-order valence-corrected chi connectivity index (χ4v) is 3.00. The van der Waals surface area contributed by atoms with Crippen molar-refractivity contribution in [1.29, 1.82) is 0 Å². The first-order valence-electron chi connectivity index (χ1n) is 6.43. The second kappa shape index (κ2) is 6.11. The minimum Gasteiger partial charge on any atom is -0.340 e. The summed E-state index contributed by atoms with van der Waals surface area (Å²) in [6.07, 6.45) is 2.96. The van der Waals surface area contributed by atoms with Crippen LogP contribution in [0.25, 0.3) is 0 Å². The molecule has 3 rings (SSSR count). The van der Waals surface area contributed by atoms with Crippen LogP contribution in [-0.4, -0.2) is 22.8 Å². The van der Waals surface area contributed by atoms with Crippen molar-refractivity contribution >= 4 is 39.2 Å². The molecule has 1 aromatic heterocycles. The summed E-state index contributed by atoms with van der Waals surface area (Å²) < 4.78 is 1.05. The van der Waals surface area contributed by atoms with E-state index in [1.165, 1.54) is 5.56 Å². The Kier molecular flexibility index (Phi) is 4.24. The number of nitrogens with one attached hydrogen (secondary N) is 2. The van der Waals surface area contributed by atoms with E-state index < -0.39 is 0 Å². The van der Waals surface area contributed by atoms with Gasteiger partial charge in [0.25, 0.3) is 0 Å². The minimum atomic E-state index is 0.820. The fourth-order valence-electron chi connectivity index (χ4n) is 2.22. The Morgan fingerprint density at radius 1 is 1.35 bits per heavy atom. The summed E-state index contributed by atoms with van der Waals surface area (Å²) >= 11 is 5.07. The van der Waals surface area contributed by atoms with E-state index in [1.807, 2.05) is 30.5 Å². The van der Waals surface area contributed by atoms with Gasteiger partial charge < -0.3 is 10.6 Å². The molecular weight excluding hydrogens is 336 g/mol. The van der Waals surface area contributed by atoms with Gasteiger partial charge in [-0.05, 0) is 24.5 Å². The fraction of sp³-hybridized carbons (Fsp3) is 0.286. The van der Waals surface area contributed by atoms with E-state index >= 15 is 0 Å². The summed E-state index contributed by atoms with van der Waals surface area (Å²) in [5, 5.41) is 7.62. The lowest BCUT2D eigenvalue weighted by molar-refractivity contribution is 0.619. The van der Waals surface area contributed by atoms with Crippen LogP contribution in [0.15, 0.2) is 33.9 Å². The Bertz CT molecular complexity index is 633. The quantitative estimate of drug-likeness (QED) is 0.656. The maximum Gasteiger partial charge on any atom is 0.189 e. The molecule has 0 saturated heterocycles. The van der Waals surface area contributed by atoms with Crippen molar-refractivity contribution in [3.8, 4) is 0 Å². The zero-order valence-electron chi connectivity index (χ0n) is 11.1. The summed E-state index contributed by atoms with van der Waals surface area (Å²) in [6.45, 7) is 1.80. The van der Waals surface area contributed by atoms with Gasteiger partial charge in [0, 0.05) is 35.2 Å². The molecule has 20 heavy (non-hydrogen) atoms. The predicted octanol–water partition coefficient (Wildman–Crippen LogP) is 3.35. The molecule has 0 bridgehead atoms. The highest BCUT2D eigenvalue weighted by atomic mass is 79.9. The van der Waals surface area contributed by atoms with Crippen molar-refractivity contribution in [2.24, 2.45) is 0 Å². The average Bonchev–Trinajstić information content (AvgIpc) is 2.47. The molecule has 1 aromatic carbocycles. The van der Waals surface area contributed by atoms with Crippen LogP contribution in [0.3, 0.4) is 0 Å². The molecule has 2 aromatic rings. The first-order valence-corrected chi connectivity index (χ1v) is 8.45. The third-order valence-corrected chi connectivity index (χ3v) is 4.22. The van der Waals surface area contributed by atoms with Crippen molar-refractivity contribution in [3.63, 3.8) is 0 Å². The zero-order valence-corrected chi connectivity index (χ0v) is 13.5. The van der Waals surface area contributed by atoms with Crippen molar-refractivity contribution in [3.05, 3.63) is 40.0 Å². The summed E-state index contributed by atoms with van der Waals surface area (Å²) in [5.74, 6) is 0.907. The Labute approximate surface area is 130 Å². The number of halogens is 1. The number of thioether (sulfide) groups is 1. The maximum atomic E-state index is 4.61. The molecule has 1 aliphatic rings. The van der Waals surface area contributed by atoms with E-state index in [9.17, 15) is 0 Å². The highest BCUT2D eigenvalue weighted by Crippen LogP contribution is 2.27. The molecule has 4 nitrogen and oxygen atoms in total. The molecular formula is C14H15BrN4S. The molecule has 2 heterocycles. The van der Waals surface area contributed by atoms with Crippen molar-refractivity contribution < 1.29 is 0 Å². The minimum absolute atomic E-state index is 0.820. The van der Waals surface area contributed by atoms with E-state index in [4.69, 9.17) is 0 Å². The average molecular weight is 351 g/mol. The van der Waals surface area contributed by atoms with Crippen LogP contribution >= 0.6 is 27.7 Å². The standard InChI is InChI=1S/C14H15BrN4S/c1-20-14-18-12-5-6-16-8-11(12)13(19-14)17-10-4-2-3-9(15)7-10/h2-4,7,16H,5-6,8H2,1H3,(H,17,18,19). The first kappa shape index (κ1) is 13.9. The Balaban J connectivity index is 1.99. The van der Waals surface area contributed by atoms with Gasteiger partial charge in [0.2, 0.25) is 0 Å². The molecule has 6 heteroatoms. The Hall–Kier alpha value is -1.11. The van der Waals surface area contributed by atoms with Crippen LogP contribution in [0.4, 0.5) is 11.5 Å². The second-order valence-corrected chi connectivity index (χ2v) is 6.24. The van der Waals surface area contributed by atoms with Gasteiger partial charge in [0.15, 0.2) is 5.16 Å². The summed E-state index contributed by atoms with van der Waals surface area (Å²) in [4.78, 5) is 9.23. The van der Waals surface area contributed by atoms with Gasteiger partial charge in [-0.2, -0.15) is 0 Å². The van der Waals surface area contributed by atoms with E-state index in [0.29, 0.717) is 0 Å². The lowest BCUT2D eigenvalue weighted by Crippen LogP contribution is -2.26. The maximum absolute atomic E-state index is 4.61. The van der Waals surface area contributed by atoms with Crippen molar-refractivity contribution in [2.45, 2.75) is 18.1 Å². The summed E-state index contributed by atoms with van der Waals surface area (Å²) in [7, 11) is 0. The van der Waals surface area contributed by atoms with Crippen LogP contribution in [0, 0.1) is 0 Å². The molecule has 0 unspecified atom stereocenters. The first-order chi connectivity index (χ1) is 9.76. The van der Waals surface area contributed by atoms with Gasteiger partial charge in [-0.3, -0.25) is 0 Å². The van der Waals surface area contributed by atoms with Crippen LogP contribution in [0.2, 0.25) is 0 Å². The molecule has 0 spiro atoms. The third-order valence-electron chi connectivity index (χ3n) is 3.18. The van der Waals surface area contributed by atoms with E-state index in [-0.39, 0.29) is 0 Å². The highest BCUT2D eigenvalue weighted by Gasteiger charge is 2.17. The molecule has 104 valence electrons. The number of hydrogen-bond acceptors (Lipinski definition) is 5. The lowest BCUT2D eigenvalue weighted by Gasteiger charge is -2.20. The number of aromatic nitrogens is 2. The molecule has 0 amide bonds. The smallest absolute Gasteiger partial charge is 0.189 e. The number of benzene rings is 1. The van der Waals surface area contributed by atoms with Crippen molar-refractivity contribution in [2.75, 3.05) is 18.1 Å². The van der Waals surface area contributed by atoms with Gasteiger partial charge >= 0.3 is 0 Å². The normalized spacial score (nSPS) is 13.9. The molecule has 2 N–H and O–H groups in total. The van der Waals surface area contributed by atoms with Crippen LogP contribution in [0.5, 0.6) is 0 Å². The van der Waals surface area contributed by atoms with Crippen LogP contribution < -0.4 is 10.6 Å². The van der Waals surface area contributed by atoms with Gasteiger partial charge in [0.1, 0.15) is 5.82 Å². The van der Waals surface area contributed by atoms with Crippen LogP contribution in [0.1, 0.15) is 11.3 Å². The summed E-state index contributed by atoms with van der Waals surface area (Å²) in [6, 6.07) is 8.10. The highest BCUT2D eigenvalue weighted by molar-refractivity contribution is 9.10. The molecule has 0 saturated carbocycles. The predicted molar refractivity (Wildman–Crippen MR) is 86.6 cm³/mol. The van der Waals surface area contributed by atoms with Gasteiger partial charge in [0.05, 0.1) is 5.69 Å². The van der Waals surface area contributed by atoms with Gasteiger partial charge in [-0.25, -0.2) is 9.97 Å². The van der Waals surface area contributed by atoms with E-state index in [0.717, 1.165) is 46.3 Å². The largest absolute Gasteiger partial charge is 0.340 e. The third kappa shape index (κ3) is 2.97.